The molecule has 4 unspecified atom stereocenters. The molecule has 104 valence electrons. The lowest BCUT2D eigenvalue weighted by Gasteiger charge is -2.23. The van der Waals surface area contributed by atoms with Gasteiger partial charge in [0.2, 0.25) is 5.91 Å². The molecule has 1 amide bonds. The van der Waals surface area contributed by atoms with Gasteiger partial charge in [-0.1, -0.05) is 19.3 Å². The van der Waals surface area contributed by atoms with Crippen molar-refractivity contribution < 1.29 is 9.53 Å². The highest BCUT2D eigenvalue weighted by Crippen LogP contribution is 2.25. The zero-order valence-electron chi connectivity index (χ0n) is 11.4. The number of amides is 1. The summed E-state index contributed by atoms with van der Waals surface area (Å²) in [4.78, 5) is 12.3. The van der Waals surface area contributed by atoms with Crippen LogP contribution in [0.3, 0.4) is 0 Å². The maximum Gasteiger partial charge on any atom is 0.224 e. The number of hydrogen-bond acceptors (Lipinski definition) is 3. The van der Waals surface area contributed by atoms with E-state index in [1.54, 1.807) is 7.11 Å². The Morgan fingerprint density at radius 1 is 1.17 bits per heavy atom. The molecule has 3 N–H and O–H groups in total. The molecule has 0 heterocycles. The Balaban J connectivity index is 1.83. The summed E-state index contributed by atoms with van der Waals surface area (Å²) in [5, 5.41) is 3.17. The number of methoxy groups -OCH3 is 1. The normalized spacial score (nSPS) is 37.2. The summed E-state index contributed by atoms with van der Waals surface area (Å²) >= 11 is 0. The van der Waals surface area contributed by atoms with Gasteiger partial charge < -0.3 is 15.8 Å². The number of ether oxygens (including phenoxy) is 1. The molecule has 4 nitrogen and oxygen atoms in total. The number of carbonyl (C=O) groups excluding carboxylic acids is 1. The van der Waals surface area contributed by atoms with E-state index in [4.69, 9.17) is 10.5 Å². The summed E-state index contributed by atoms with van der Waals surface area (Å²) in [6.45, 7) is 0. The van der Waals surface area contributed by atoms with Gasteiger partial charge in [-0.3, -0.25) is 4.79 Å². The van der Waals surface area contributed by atoms with Gasteiger partial charge >= 0.3 is 0 Å². The zero-order chi connectivity index (χ0) is 13.0. The highest BCUT2D eigenvalue weighted by molar-refractivity contribution is 5.79. The van der Waals surface area contributed by atoms with E-state index >= 15 is 0 Å². The molecule has 2 aliphatic carbocycles. The molecule has 2 fully saturated rings. The minimum Gasteiger partial charge on any atom is -0.381 e. The first-order valence-electron chi connectivity index (χ1n) is 7.29. The SMILES string of the molecule is COC1CCC(NC(=O)C2CCCCCC2N)C1. The summed E-state index contributed by atoms with van der Waals surface area (Å²) in [6, 6.07) is 0.338. The summed E-state index contributed by atoms with van der Waals surface area (Å²) in [7, 11) is 1.75. The third kappa shape index (κ3) is 3.45. The van der Waals surface area contributed by atoms with E-state index < -0.39 is 0 Å². The molecular weight excluding hydrogens is 228 g/mol. The van der Waals surface area contributed by atoms with Gasteiger partial charge in [-0.25, -0.2) is 0 Å². The lowest BCUT2D eigenvalue weighted by Crippen LogP contribution is -2.44. The van der Waals surface area contributed by atoms with E-state index in [0.717, 1.165) is 38.5 Å². The second-order valence-corrected chi connectivity index (χ2v) is 5.78. The second kappa shape index (κ2) is 6.53. The molecule has 0 bridgehead atoms. The molecule has 18 heavy (non-hydrogen) atoms. The molecule has 0 aliphatic heterocycles. The molecule has 4 atom stereocenters. The second-order valence-electron chi connectivity index (χ2n) is 5.78. The number of carbonyl (C=O) groups is 1. The van der Waals surface area contributed by atoms with E-state index in [1.807, 2.05) is 0 Å². The third-order valence-corrected chi connectivity index (χ3v) is 4.47. The molecule has 2 rings (SSSR count). The van der Waals surface area contributed by atoms with Crippen molar-refractivity contribution in [2.75, 3.05) is 7.11 Å². The van der Waals surface area contributed by atoms with Crippen molar-refractivity contribution >= 4 is 5.91 Å². The quantitative estimate of drug-likeness (QED) is 0.752. The van der Waals surface area contributed by atoms with Crippen molar-refractivity contribution in [3.8, 4) is 0 Å². The first kappa shape index (κ1) is 13.8. The molecule has 0 saturated heterocycles. The fourth-order valence-electron chi connectivity index (χ4n) is 3.26. The van der Waals surface area contributed by atoms with Crippen LogP contribution in [0.4, 0.5) is 0 Å². The van der Waals surface area contributed by atoms with Crippen LogP contribution in [0.25, 0.3) is 0 Å². The maximum absolute atomic E-state index is 12.3. The van der Waals surface area contributed by atoms with Crippen LogP contribution in [-0.2, 0) is 9.53 Å². The number of hydrogen-bond donors (Lipinski definition) is 2. The van der Waals surface area contributed by atoms with E-state index in [1.165, 1.54) is 12.8 Å². The van der Waals surface area contributed by atoms with Crippen LogP contribution in [0.1, 0.15) is 51.4 Å². The Hall–Kier alpha value is -0.610. The number of rotatable bonds is 3. The smallest absolute Gasteiger partial charge is 0.224 e. The lowest BCUT2D eigenvalue weighted by atomic mass is 9.94. The molecule has 2 aliphatic rings. The number of nitrogens with one attached hydrogen (secondary N) is 1. The molecule has 0 aromatic rings. The molecular formula is C14H26N2O2. The van der Waals surface area contributed by atoms with Crippen LogP contribution in [0.15, 0.2) is 0 Å². The van der Waals surface area contributed by atoms with Crippen molar-refractivity contribution in [3.05, 3.63) is 0 Å². The first-order valence-corrected chi connectivity index (χ1v) is 7.29. The Labute approximate surface area is 110 Å². The highest BCUT2D eigenvalue weighted by atomic mass is 16.5. The molecule has 0 aromatic carbocycles. The van der Waals surface area contributed by atoms with Crippen molar-refractivity contribution in [2.24, 2.45) is 11.7 Å². The van der Waals surface area contributed by atoms with Gasteiger partial charge in [0.25, 0.3) is 0 Å². The van der Waals surface area contributed by atoms with Gasteiger partial charge in [-0.05, 0) is 32.1 Å². The fourth-order valence-corrected chi connectivity index (χ4v) is 3.26. The largest absolute Gasteiger partial charge is 0.381 e. The number of nitrogens with two attached hydrogens (primary N) is 1. The van der Waals surface area contributed by atoms with Gasteiger partial charge in [0.1, 0.15) is 0 Å². The lowest BCUT2D eigenvalue weighted by molar-refractivity contribution is -0.126. The van der Waals surface area contributed by atoms with Crippen molar-refractivity contribution in [1.82, 2.24) is 5.32 Å². The van der Waals surface area contributed by atoms with Crippen LogP contribution >= 0.6 is 0 Å². The van der Waals surface area contributed by atoms with E-state index in [0.29, 0.717) is 6.10 Å². The Bertz CT molecular complexity index is 283. The Morgan fingerprint density at radius 3 is 2.67 bits per heavy atom. The van der Waals surface area contributed by atoms with Gasteiger partial charge in [0.15, 0.2) is 0 Å². The molecule has 0 aromatic heterocycles. The first-order chi connectivity index (χ1) is 8.70. The van der Waals surface area contributed by atoms with E-state index in [2.05, 4.69) is 5.32 Å². The van der Waals surface area contributed by atoms with Gasteiger partial charge in [0.05, 0.1) is 12.0 Å². The van der Waals surface area contributed by atoms with Crippen LogP contribution in [0.5, 0.6) is 0 Å². The molecule has 0 radical (unpaired) electrons. The minimum absolute atomic E-state index is 0.0223. The zero-order valence-corrected chi connectivity index (χ0v) is 11.4. The summed E-state index contributed by atoms with van der Waals surface area (Å²) in [5.41, 5.74) is 6.12. The standard InChI is InChI=1S/C14H26N2O2/c1-18-11-8-7-10(9-11)16-14(17)12-5-3-2-4-6-13(12)15/h10-13H,2-9,15H2,1H3,(H,16,17). The highest BCUT2D eigenvalue weighted by Gasteiger charge is 2.31. The van der Waals surface area contributed by atoms with Crippen LogP contribution in [0.2, 0.25) is 0 Å². The predicted octanol–water partition coefficient (Wildman–Crippen LogP) is 1.58. The van der Waals surface area contributed by atoms with Crippen molar-refractivity contribution in [3.63, 3.8) is 0 Å². The predicted molar refractivity (Wildman–Crippen MR) is 71.1 cm³/mol. The summed E-state index contributed by atoms with van der Waals surface area (Å²) < 4.78 is 5.33. The summed E-state index contributed by atoms with van der Waals surface area (Å²) in [5.74, 6) is 0.195. The van der Waals surface area contributed by atoms with E-state index in [9.17, 15) is 4.79 Å². The van der Waals surface area contributed by atoms with Crippen molar-refractivity contribution in [2.45, 2.75) is 69.6 Å². The average Bonchev–Trinajstić information content (AvgIpc) is 2.69. The summed E-state index contributed by atoms with van der Waals surface area (Å²) in [6.07, 6.45) is 8.81. The van der Waals surface area contributed by atoms with E-state index in [-0.39, 0.29) is 23.9 Å². The van der Waals surface area contributed by atoms with Gasteiger partial charge in [-0.2, -0.15) is 0 Å². The maximum atomic E-state index is 12.3. The Kier molecular flexibility index (Phi) is 5.01. The van der Waals surface area contributed by atoms with Gasteiger partial charge in [0, 0.05) is 19.2 Å². The molecule has 2 saturated carbocycles. The molecule has 0 spiro atoms. The fraction of sp³-hybridized carbons (Fsp3) is 0.929. The Morgan fingerprint density at radius 2 is 1.94 bits per heavy atom. The minimum atomic E-state index is 0.0223. The van der Waals surface area contributed by atoms with Crippen molar-refractivity contribution in [1.29, 1.82) is 0 Å². The average molecular weight is 254 g/mol. The van der Waals surface area contributed by atoms with Crippen LogP contribution in [-0.4, -0.2) is 31.2 Å². The third-order valence-electron chi connectivity index (χ3n) is 4.47. The monoisotopic (exact) mass is 254 g/mol. The molecule has 4 heteroatoms. The van der Waals surface area contributed by atoms with Crippen LogP contribution < -0.4 is 11.1 Å². The topological polar surface area (TPSA) is 64.3 Å². The van der Waals surface area contributed by atoms with Gasteiger partial charge in [-0.15, -0.1) is 0 Å². The van der Waals surface area contributed by atoms with Crippen LogP contribution in [0, 0.1) is 5.92 Å².